The van der Waals surface area contributed by atoms with Gasteiger partial charge in [-0.3, -0.25) is 4.79 Å². The van der Waals surface area contributed by atoms with Crippen LogP contribution in [0, 0.1) is 6.92 Å². The first kappa shape index (κ1) is 14.6. The lowest BCUT2D eigenvalue weighted by Crippen LogP contribution is -2.39. The maximum Gasteiger partial charge on any atom is 0.319 e. The molecule has 1 aromatic rings. The Morgan fingerprint density at radius 2 is 2.28 bits per heavy atom. The van der Waals surface area contributed by atoms with E-state index in [1.807, 2.05) is 13.2 Å². The third-order valence-corrected chi connectivity index (χ3v) is 3.28. The van der Waals surface area contributed by atoms with Gasteiger partial charge >= 0.3 is 6.03 Å². The van der Waals surface area contributed by atoms with Crippen LogP contribution in [-0.4, -0.2) is 29.1 Å². The number of hydrogen-bond acceptors (Lipinski definition) is 3. The topological polar surface area (TPSA) is 74.0 Å². The van der Waals surface area contributed by atoms with Gasteiger partial charge in [0.1, 0.15) is 0 Å². The summed E-state index contributed by atoms with van der Waals surface area (Å²) in [6.07, 6.45) is 4.39. The van der Waals surface area contributed by atoms with Gasteiger partial charge in [0, 0.05) is 23.6 Å². The third kappa shape index (κ3) is 4.44. The maximum absolute atomic E-state index is 11.7. The molecule has 1 rings (SSSR count). The number of nitrogens with one attached hydrogen (secondary N) is 3. The Bertz CT molecular complexity index is 459. The minimum Gasteiger partial charge on any atom is -0.334 e. The third-order valence-electron chi connectivity index (χ3n) is 2.54. The molecule has 1 atom stereocenters. The molecule has 0 aliphatic rings. The Labute approximate surface area is 111 Å². The van der Waals surface area contributed by atoms with Crippen molar-refractivity contribution in [1.29, 1.82) is 0 Å². The van der Waals surface area contributed by atoms with Gasteiger partial charge in [0.2, 0.25) is 0 Å². The predicted molar refractivity (Wildman–Crippen MR) is 76.4 cm³/mol. The summed E-state index contributed by atoms with van der Waals surface area (Å²) in [6.45, 7) is 3.73. The molecule has 0 saturated heterocycles. The van der Waals surface area contributed by atoms with Crippen LogP contribution in [0.15, 0.2) is 17.1 Å². The first-order valence-corrected chi connectivity index (χ1v) is 7.22. The highest BCUT2D eigenvalue weighted by Crippen LogP contribution is 2.05. The molecule has 1 aromatic heterocycles. The maximum atomic E-state index is 11.7. The highest BCUT2D eigenvalue weighted by Gasteiger charge is 2.09. The van der Waals surface area contributed by atoms with Gasteiger partial charge in [0.05, 0.1) is 5.69 Å². The molecule has 0 unspecified atom stereocenters. The summed E-state index contributed by atoms with van der Waals surface area (Å²) < 4.78 is 0. The Hall–Kier alpha value is -1.43. The summed E-state index contributed by atoms with van der Waals surface area (Å²) in [5.41, 5.74) is 1.02. The largest absolute Gasteiger partial charge is 0.334 e. The summed E-state index contributed by atoms with van der Waals surface area (Å²) in [5, 5.41) is 5.59. The highest BCUT2D eigenvalue weighted by atomic mass is 32.2. The Morgan fingerprint density at radius 1 is 1.56 bits per heavy atom. The molecule has 18 heavy (non-hydrogen) atoms. The molecule has 0 spiro atoms. The lowest BCUT2D eigenvalue weighted by molar-refractivity contribution is 0.249. The number of pyridine rings is 1. The zero-order valence-corrected chi connectivity index (χ0v) is 11.7. The second-order valence-electron chi connectivity index (χ2n) is 4.06. The molecule has 5 nitrogen and oxygen atoms in total. The van der Waals surface area contributed by atoms with E-state index in [1.165, 1.54) is 6.20 Å². The van der Waals surface area contributed by atoms with Gasteiger partial charge in [-0.05, 0) is 25.7 Å². The van der Waals surface area contributed by atoms with Crippen molar-refractivity contribution in [2.24, 2.45) is 0 Å². The van der Waals surface area contributed by atoms with Crippen LogP contribution in [0.3, 0.4) is 0 Å². The molecule has 6 heteroatoms. The summed E-state index contributed by atoms with van der Waals surface area (Å²) in [7, 11) is 0. The van der Waals surface area contributed by atoms with Gasteiger partial charge in [-0.2, -0.15) is 11.8 Å². The van der Waals surface area contributed by atoms with Crippen molar-refractivity contribution in [1.82, 2.24) is 10.3 Å². The van der Waals surface area contributed by atoms with Crippen molar-refractivity contribution < 1.29 is 4.79 Å². The zero-order chi connectivity index (χ0) is 13.5. The average Bonchev–Trinajstić information content (AvgIpc) is 2.33. The number of hydrogen-bond donors (Lipinski definition) is 3. The lowest BCUT2D eigenvalue weighted by atomic mass is 10.2. The minimum absolute atomic E-state index is 0.144. The molecule has 0 aliphatic heterocycles. The number of aryl methyl sites for hydroxylation is 1. The lowest BCUT2D eigenvalue weighted by Gasteiger charge is -2.16. The number of rotatable bonds is 5. The molecule has 2 amide bonds. The first-order chi connectivity index (χ1) is 8.56. The second kappa shape index (κ2) is 7.10. The highest BCUT2D eigenvalue weighted by molar-refractivity contribution is 7.98. The van der Waals surface area contributed by atoms with Crippen molar-refractivity contribution in [2.75, 3.05) is 17.3 Å². The van der Waals surface area contributed by atoms with E-state index in [0.29, 0.717) is 11.3 Å². The average molecular weight is 269 g/mol. The van der Waals surface area contributed by atoms with E-state index in [0.717, 1.165) is 12.2 Å². The van der Waals surface area contributed by atoms with Gasteiger partial charge < -0.3 is 15.6 Å². The molecule has 0 bridgehead atoms. The van der Waals surface area contributed by atoms with E-state index in [2.05, 4.69) is 15.6 Å². The summed E-state index contributed by atoms with van der Waals surface area (Å²) in [5.74, 6) is 0.884. The Kier molecular flexibility index (Phi) is 5.77. The van der Waals surface area contributed by atoms with Crippen LogP contribution in [0.25, 0.3) is 0 Å². The first-order valence-electron chi connectivity index (χ1n) is 5.82. The molecule has 0 aromatic carbocycles. The van der Waals surface area contributed by atoms with Crippen LogP contribution >= 0.6 is 11.8 Å². The molecule has 0 saturated carbocycles. The normalized spacial score (nSPS) is 11.9. The minimum atomic E-state index is -0.248. The summed E-state index contributed by atoms with van der Waals surface area (Å²) in [6, 6.07) is 1.56. The van der Waals surface area contributed by atoms with Crippen molar-refractivity contribution in [3.63, 3.8) is 0 Å². The molecule has 0 radical (unpaired) electrons. The van der Waals surface area contributed by atoms with E-state index in [9.17, 15) is 9.59 Å². The molecular weight excluding hydrogens is 250 g/mol. The molecule has 0 aliphatic carbocycles. The number of H-pyrrole nitrogens is 1. The Balaban J connectivity index is 2.58. The fourth-order valence-electron chi connectivity index (χ4n) is 1.49. The van der Waals surface area contributed by atoms with Gasteiger partial charge in [0.25, 0.3) is 5.56 Å². The van der Waals surface area contributed by atoms with Crippen molar-refractivity contribution in [3.8, 4) is 0 Å². The van der Waals surface area contributed by atoms with Gasteiger partial charge in [-0.1, -0.05) is 6.92 Å². The number of aromatic nitrogens is 1. The monoisotopic (exact) mass is 269 g/mol. The van der Waals surface area contributed by atoms with E-state index >= 15 is 0 Å². The number of amides is 2. The van der Waals surface area contributed by atoms with Crippen LogP contribution in [-0.2, 0) is 0 Å². The van der Waals surface area contributed by atoms with Crippen LogP contribution in [0.1, 0.15) is 18.9 Å². The molecular formula is C12H19N3O2S. The molecule has 3 N–H and O–H groups in total. The number of anilines is 1. The van der Waals surface area contributed by atoms with Crippen LogP contribution in [0.5, 0.6) is 0 Å². The second-order valence-corrected chi connectivity index (χ2v) is 4.97. The summed E-state index contributed by atoms with van der Waals surface area (Å²) in [4.78, 5) is 25.5. The quantitative estimate of drug-likeness (QED) is 0.765. The zero-order valence-electron chi connectivity index (χ0n) is 10.9. The summed E-state index contributed by atoms with van der Waals surface area (Å²) >= 11 is 1.70. The Morgan fingerprint density at radius 3 is 2.83 bits per heavy atom. The number of aromatic amines is 1. The van der Waals surface area contributed by atoms with Crippen molar-refractivity contribution in [3.05, 3.63) is 28.2 Å². The number of thioether (sulfide) groups is 1. The van der Waals surface area contributed by atoms with Crippen LogP contribution < -0.4 is 16.2 Å². The van der Waals surface area contributed by atoms with E-state index in [4.69, 9.17) is 0 Å². The standard InChI is InChI=1S/C12H19N3O2S/c1-4-9(7-18-3)14-12(17)15-10-5-8(2)11(16)13-6-10/h5-6,9H,4,7H2,1-3H3,(H,13,16)(H2,14,15,17)/t9-/m0/s1. The van der Waals surface area contributed by atoms with E-state index in [-0.39, 0.29) is 17.6 Å². The number of carbonyl (C=O) groups is 1. The number of urea groups is 1. The van der Waals surface area contributed by atoms with Gasteiger partial charge in [-0.15, -0.1) is 0 Å². The number of carbonyl (C=O) groups excluding carboxylic acids is 1. The molecule has 1 heterocycles. The SMILES string of the molecule is CC[C@@H](CSC)NC(=O)Nc1c[nH]c(=O)c(C)c1. The van der Waals surface area contributed by atoms with Crippen LogP contribution in [0.2, 0.25) is 0 Å². The van der Waals surface area contributed by atoms with E-state index < -0.39 is 0 Å². The van der Waals surface area contributed by atoms with Gasteiger partial charge in [-0.25, -0.2) is 4.79 Å². The molecule has 0 fully saturated rings. The van der Waals surface area contributed by atoms with E-state index in [1.54, 1.807) is 24.8 Å². The molecule has 100 valence electrons. The predicted octanol–water partition coefficient (Wildman–Crippen LogP) is 1.95. The van der Waals surface area contributed by atoms with Crippen LogP contribution in [0.4, 0.5) is 10.5 Å². The fraction of sp³-hybridized carbons (Fsp3) is 0.500. The smallest absolute Gasteiger partial charge is 0.319 e. The van der Waals surface area contributed by atoms with Crippen molar-refractivity contribution in [2.45, 2.75) is 26.3 Å². The van der Waals surface area contributed by atoms with Gasteiger partial charge in [0.15, 0.2) is 0 Å². The fourth-order valence-corrected chi connectivity index (χ4v) is 2.21. The van der Waals surface area contributed by atoms with Crippen molar-refractivity contribution >= 4 is 23.5 Å².